The lowest BCUT2D eigenvalue weighted by Gasteiger charge is -2.36. The molecule has 0 radical (unpaired) electrons. The molecule has 1 aliphatic heterocycles. The Morgan fingerprint density at radius 3 is 2.67 bits per heavy atom. The average Bonchev–Trinajstić information content (AvgIpc) is 3.11. The summed E-state index contributed by atoms with van der Waals surface area (Å²) in [6.07, 6.45) is 0. The number of nitrogens with one attached hydrogen (secondary N) is 1. The lowest BCUT2D eigenvalue weighted by Crippen LogP contribution is -2.48. The van der Waals surface area contributed by atoms with E-state index >= 15 is 0 Å². The molecule has 0 spiro atoms. The smallest absolute Gasteiger partial charge is 0.270 e. The highest BCUT2D eigenvalue weighted by Crippen LogP contribution is 2.24. The number of aromatic nitrogens is 1. The molecule has 1 aromatic heterocycles. The van der Waals surface area contributed by atoms with E-state index in [0.29, 0.717) is 25.4 Å². The summed E-state index contributed by atoms with van der Waals surface area (Å²) in [4.78, 5) is 20.3. The van der Waals surface area contributed by atoms with Gasteiger partial charge in [0.2, 0.25) is 0 Å². The van der Waals surface area contributed by atoms with E-state index in [1.54, 1.807) is 0 Å². The molecule has 0 bridgehead atoms. The molecule has 1 aliphatic rings. The molecule has 0 atom stereocenters. The van der Waals surface area contributed by atoms with Crippen LogP contribution in [0.15, 0.2) is 48.5 Å². The zero-order valence-corrected chi connectivity index (χ0v) is 16.0. The Hall–Kier alpha value is -2.66. The van der Waals surface area contributed by atoms with Crippen LogP contribution in [0.4, 0.5) is 5.69 Å². The largest absolute Gasteiger partial charge is 0.494 e. The van der Waals surface area contributed by atoms with Crippen molar-refractivity contribution >= 4 is 34.1 Å². The van der Waals surface area contributed by atoms with Crippen molar-refractivity contribution in [1.82, 2.24) is 9.88 Å². The fourth-order valence-corrected chi connectivity index (χ4v) is 3.67. The Bertz CT molecular complexity index is 961. The number of ether oxygens (including phenoxy) is 1. The second kappa shape index (κ2) is 7.53. The average molecular weight is 384 g/mol. The lowest BCUT2D eigenvalue weighted by atomic mass is 10.2. The number of H-pyrrole nitrogens is 1. The van der Waals surface area contributed by atoms with E-state index in [0.717, 1.165) is 40.5 Å². The Labute approximate surface area is 163 Å². The number of piperazine rings is 1. The third kappa shape index (κ3) is 3.74. The van der Waals surface area contributed by atoms with Gasteiger partial charge in [0.1, 0.15) is 11.4 Å². The van der Waals surface area contributed by atoms with Crippen molar-refractivity contribution in [2.75, 3.05) is 37.7 Å². The molecule has 140 valence electrons. The van der Waals surface area contributed by atoms with Crippen molar-refractivity contribution in [3.05, 3.63) is 59.2 Å². The fraction of sp³-hybridized carbons (Fsp3) is 0.286. The normalized spacial score (nSPS) is 14.6. The molecule has 0 saturated carbocycles. The van der Waals surface area contributed by atoms with Crippen LogP contribution in [0, 0.1) is 0 Å². The summed E-state index contributed by atoms with van der Waals surface area (Å²) in [6.45, 7) is 5.53. The van der Waals surface area contributed by atoms with E-state index in [1.165, 1.54) is 0 Å². The van der Waals surface area contributed by atoms with Crippen LogP contribution < -0.4 is 9.64 Å². The quantitative estimate of drug-likeness (QED) is 0.735. The van der Waals surface area contributed by atoms with Crippen molar-refractivity contribution in [1.29, 1.82) is 0 Å². The summed E-state index contributed by atoms with van der Waals surface area (Å²) in [7, 11) is 0. The number of halogens is 1. The van der Waals surface area contributed by atoms with Gasteiger partial charge in [0.05, 0.1) is 6.61 Å². The molecule has 2 heterocycles. The fourth-order valence-electron chi connectivity index (χ4n) is 3.49. The third-order valence-electron chi connectivity index (χ3n) is 4.88. The van der Waals surface area contributed by atoms with Gasteiger partial charge in [0, 0.05) is 53.9 Å². The van der Waals surface area contributed by atoms with Gasteiger partial charge < -0.3 is 19.5 Å². The van der Waals surface area contributed by atoms with Crippen molar-refractivity contribution in [2.45, 2.75) is 6.92 Å². The highest BCUT2D eigenvalue weighted by atomic mass is 35.5. The molecule has 2 aromatic carbocycles. The molecule has 6 heteroatoms. The summed E-state index contributed by atoms with van der Waals surface area (Å²) < 4.78 is 5.53. The minimum atomic E-state index is 0.0369. The topological polar surface area (TPSA) is 48.6 Å². The van der Waals surface area contributed by atoms with E-state index in [-0.39, 0.29) is 5.91 Å². The van der Waals surface area contributed by atoms with Crippen LogP contribution in [-0.4, -0.2) is 48.6 Å². The second-order valence-corrected chi connectivity index (χ2v) is 7.06. The van der Waals surface area contributed by atoms with Crippen molar-refractivity contribution < 1.29 is 9.53 Å². The molecule has 0 unspecified atom stereocenters. The molecular weight excluding hydrogens is 362 g/mol. The number of hydrogen-bond acceptors (Lipinski definition) is 3. The summed E-state index contributed by atoms with van der Waals surface area (Å²) in [5.41, 5.74) is 2.64. The van der Waals surface area contributed by atoms with Gasteiger partial charge in [-0.3, -0.25) is 4.79 Å². The summed E-state index contributed by atoms with van der Waals surface area (Å²) in [5.74, 6) is 0.843. The molecule has 1 saturated heterocycles. The zero-order chi connectivity index (χ0) is 18.8. The molecule has 1 amide bonds. The first-order valence-electron chi connectivity index (χ1n) is 9.19. The first kappa shape index (κ1) is 17.7. The Kier molecular flexibility index (Phi) is 4.94. The summed E-state index contributed by atoms with van der Waals surface area (Å²) in [5, 5.41) is 1.75. The first-order valence-corrected chi connectivity index (χ1v) is 9.57. The lowest BCUT2D eigenvalue weighted by molar-refractivity contribution is 0.0742. The number of aromatic amines is 1. The number of hydrogen-bond donors (Lipinski definition) is 1. The van der Waals surface area contributed by atoms with Gasteiger partial charge >= 0.3 is 0 Å². The maximum Gasteiger partial charge on any atom is 0.270 e. The van der Waals surface area contributed by atoms with Gasteiger partial charge in [-0.2, -0.15) is 0 Å². The first-order chi connectivity index (χ1) is 13.1. The summed E-state index contributed by atoms with van der Waals surface area (Å²) in [6, 6.07) is 15.6. The van der Waals surface area contributed by atoms with Crippen LogP contribution in [0.5, 0.6) is 5.75 Å². The Morgan fingerprint density at radius 2 is 1.93 bits per heavy atom. The molecule has 27 heavy (non-hydrogen) atoms. The van der Waals surface area contributed by atoms with E-state index < -0.39 is 0 Å². The molecule has 1 N–H and O–H groups in total. The van der Waals surface area contributed by atoms with Crippen LogP contribution >= 0.6 is 11.6 Å². The maximum atomic E-state index is 12.9. The van der Waals surface area contributed by atoms with Gasteiger partial charge in [-0.15, -0.1) is 0 Å². The molecule has 5 nitrogen and oxygen atoms in total. The zero-order valence-electron chi connectivity index (χ0n) is 15.2. The molecule has 4 rings (SSSR count). The van der Waals surface area contributed by atoms with Gasteiger partial charge in [0.15, 0.2) is 0 Å². The van der Waals surface area contributed by atoms with E-state index in [9.17, 15) is 4.79 Å². The number of benzene rings is 2. The van der Waals surface area contributed by atoms with Crippen LogP contribution in [0.3, 0.4) is 0 Å². The number of fused-ring (bicyclic) bond motifs is 1. The van der Waals surface area contributed by atoms with E-state index in [2.05, 4.69) is 16.0 Å². The standard InChI is InChI=1S/C21H22ClN3O2/c1-2-27-18-7-6-15-12-20(23-19(15)14-18)21(26)25-10-8-24(9-11-25)17-5-3-4-16(22)13-17/h3-7,12-14,23H,2,8-11H2,1H3. The number of nitrogens with zero attached hydrogens (tertiary/aromatic N) is 2. The number of carbonyl (C=O) groups excluding carboxylic acids is 1. The van der Waals surface area contributed by atoms with E-state index in [1.807, 2.05) is 54.3 Å². The van der Waals surface area contributed by atoms with Crippen LogP contribution in [0.1, 0.15) is 17.4 Å². The van der Waals surface area contributed by atoms with Gasteiger partial charge in [0.25, 0.3) is 5.91 Å². The van der Waals surface area contributed by atoms with Crippen molar-refractivity contribution in [3.8, 4) is 5.75 Å². The van der Waals surface area contributed by atoms with Crippen molar-refractivity contribution in [2.24, 2.45) is 0 Å². The number of amides is 1. The monoisotopic (exact) mass is 383 g/mol. The maximum absolute atomic E-state index is 12.9. The predicted molar refractivity (Wildman–Crippen MR) is 109 cm³/mol. The van der Waals surface area contributed by atoms with Crippen LogP contribution in [-0.2, 0) is 0 Å². The summed E-state index contributed by atoms with van der Waals surface area (Å²) >= 11 is 6.09. The molecule has 1 fully saturated rings. The second-order valence-electron chi connectivity index (χ2n) is 6.62. The molecule has 3 aromatic rings. The van der Waals surface area contributed by atoms with Gasteiger partial charge in [-0.1, -0.05) is 17.7 Å². The Morgan fingerprint density at radius 1 is 1.11 bits per heavy atom. The van der Waals surface area contributed by atoms with E-state index in [4.69, 9.17) is 16.3 Å². The Balaban J connectivity index is 1.45. The van der Waals surface area contributed by atoms with Gasteiger partial charge in [-0.05, 0) is 43.3 Å². The highest BCUT2D eigenvalue weighted by molar-refractivity contribution is 6.30. The predicted octanol–water partition coefficient (Wildman–Crippen LogP) is 4.18. The minimum Gasteiger partial charge on any atom is -0.494 e. The van der Waals surface area contributed by atoms with Gasteiger partial charge in [-0.25, -0.2) is 0 Å². The molecular formula is C21H22ClN3O2. The third-order valence-corrected chi connectivity index (χ3v) is 5.11. The highest BCUT2D eigenvalue weighted by Gasteiger charge is 2.23. The van der Waals surface area contributed by atoms with Crippen LogP contribution in [0.25, 0.3) is 10.9 Å². The van der Waals surface area contributed by atoms with Crippen LogP contribution in [0.2, 0.25) is 5.02 Å². The SMILES string of the molecule is CCOc1ccc2cc(C(=O)N3CCN(c4cccc(Cl)c4)CC3)[nH]c2c1. The minimum absolute atomic E-state index is 0.0369. The van der Waals surface area contributed by atoms with Crippen molar-refractivity contribution in [3.63, 3.8) is 0 Å². The number of carbonyl (C=O) groups is 1. The number of anilines is 1. The number of rotatable bonds is 4. The molecule has 0 aliphatic carbocycles.